The second-order valence-corrected chi connectivity index (χ2v) is 4.08. The number of phenols is 1. The number of halogens is 3. The van der Waals surface area contributed by atoms with Gasteiger partial charge in [-0.25, -0.2) is 4.79 Å². The van der Waals surface area contributed by atoms with E-state index in [2.05, 4.69) is 0 Å². The van der Waals surface area contributed by atoms with Crippen molar-refractivity contribution >= 4 is 5.97 Å². The summed E-state index contributed by atoms with van der Waals surface area (Å²) in [6.45, 7) is 0. The quantitative estimate of drug-likeness (QED) is 0.881. The Bertz CT molecular complexity index is 663. The highest BCUT2D eigenvalue weighted by Gasteiger charge is 2.33. The molecule has 6 heteroatoms. The lowest BCUT2D eigenvalue weighted by molar-refractivity contribution is -0.137. The molecular weight excluding hydrogens is 273 g/mol. The van der Waals surface area contributed by atoms with Gasteiger partial charge in [0.15, 0.2) is 0 Å². The molecule has 2 aromatic carbocycles. The first kappa shape index (κ1) is 13.9. The minimum atomic E-state index is -4.59. The zero-order valence-electron chi connectivity index (χ0n) is 9.98. The molecule has 0 aliphatic carbocycles. The first-order valence-corrected chi connectivity index (χ1v) is 5.53. The van der Waals surface area contributed by atoms with Gasteiger partial charge in [-0.1, -0.05) is 18.2 Å². The van der Waals surface area contributed by atoms with Crippen molar-refractivity contribution in [2.45, 2.75) is 6.18 Å². The van der Waals surface area contributed by atoms with Gasteiger partial charge in [-0.3, -0.25) is 0 Å². The average molecular weight is 282 g/mol. The second kappa shape index (κ2) is 4.88. The molecule has 0 atom stereocenters. The SMILES string of the molecule is O=C(O)c1ccc(O)c(-c2ccccc2C(F)(F)F)c1. The zero-order valence-corrected chi connectivity index (χ0v) is 9.98. The number of aromatic hydroxyl groups is 1. The van der Waals surface area contributed by atoms with E-state index in [-0.39, 0.29) is 16.7 Å². The molecule has 2 N–H and O–H groups in total. The van der Waals surface area contributed by atoms with E-state index in [1.165, 1.54) is 18.2 Å². The Morgan fingerprint density at radius 2 is 1.65 bits per heavy atom. The molecule has 20 heavy (non-hydrogen) atoms. The van der Waals surface area contributed by atoms with Crippen molar-refractivity contribution < 1.29 is 28.2 Å². The first-order valence-electron chi connectivity index (χ1n) is 5.53. The van der Waals surface area contributed by atoms with Crippen LogP contribution in [0.4, 0.5) is 13.2 Å². The zero-order chi connectivity index (χ0) is 14.9. The molecule has 0 unspecified atom stereocenters. The van der Waals surface area contributed by atoms with Crippen molar-refractivity contribution in [2.24, 2.45) is 0 Å². The predicted octanol–water partition coefficient (Wildman–Crippen LogP) is 3.78. The predicted molar refractivity (Wildman–Crippen MR) is 65.5 cm³/mol. The molecule has 0 radical (unpaired) electrons. The summed E-state index contributed by atoms with van der Waals surface area (Å²) in [6.07, 6.45) is -4.59. The molecule has 0 amide bonds. The van der Waals surface area contributed by atoms with E-state index < -0.39 is 23.5 Å². The number of hydrogen-bond acceptors (Lipinski definition) is 2. The van der Waals surface area contributed by atoms with Gasteiger partial charge in [0.1, 0.15) is 5.75 Å². The third kappa shape index (κ3) is 2.59. The Morgan fingerprint density at radius 1 is 1.00 bits per heavy atom. The highest BCUT2D eigenvalue weighted by Crippen LogP contribution is 2.40. The number of carboxylic acid groups (broad SMARTS) is 1. The Labute approximate surface area is 111 Å². The van der Waals surface area contributed by atoms with Crippen LogP contribution < -0.4 is 0 Å². The van der Waals surface area contributed by atoms with Gasteiger partial charge in [-0.15, -0.1) is 0 Å². The maximum Gasteiger partial charge on any atom is 0.417 e. The van der Waals surface area contributed by atoms with Crippen LogP contribution in [0.1, 0.15) is 15.9 Å². The summed E-state index contributed by atoms with van der Waals surface area (Å²) in [5, 5.41) is 18.6. The van der Waals surface area contributed by atoms with Crippen LogP contribution in [-0.4, -0.2) is 16.2 Å². The van der Waals surface area contributed by atoms with E-state index in [1.807, 2.05) is 0 Å². The van der Waals surface area contributed by atoms with Gasteiger partial charge in [0, 0.05) is 5.56 Å². The number of aromatic carboxylic acids is 1. The average Bonchev–Trinajstić information content (AvgIpc) is 2.38. The van der Waals surface area contributed by atoms with Gasteiger partial charge >= 0.3 is 12.1 Å². The molecule has 0 aliphatic heterocycles. The van der Waals surface area contributed by atoms with Gasteiger partial charge < -0.3 is 10.2 Å². The standard InChI is InChI=1S/C14H9F3O3/c15-14(16,17)11-4-2-1-3-9(11)10-7-8(13(19)20)5-6-12(10)18/h1-7,18H,(H,19,20). The van der Waals surface area contributed by atoms with Gasteiger partial charge in [0.05, 0.1) is 11.1 Å². The van der Waals surface area contributed by atoms with Crippen LogP contribution in [0.2, 0.25) is 0 Å². The van der Waals surface area contributed by atoms with Crippen molar-refractivity contribution in [1.29, 1.82) is 0 Å². The van der Waals surface area contributed by atoms with Gasteiger partial charge in [-0.05, 0) is 29.8 Å². The number of phenolic OH excluding ortho intramolecular Hbond substituents is 1. The molecule has 0 saturated carbocycles. The normalized spacial score (nSPS) is 11.3. The molecule has 2 aromatic rings. The van der Waals surface area contributed by atoms with Crippen LogP contribution in [0, 0.1) is 0 Å². The minimum absolute atomic E-state index is 0.169. The molecule has 0 aliphatic rings. The Kier molecular flexibility index (Phi) is 3.40. The molecule has 104 valence electrons. The van der Waals surface area contributed by atoms with Crippen molar-refractivity contribution in [1.82, 2.24) is 0 Å². The van der Waals surface area contributed by atoms with Crippen LogP contribution in [0.3, 0.4) is 0 Å². The van der Waals surface area contributed by atoms with Crippen molar-refractivity contribution in [2.75, 3.05) is 0 Å². The van der Waals surface area contributed by atoms with E-state index in [0.717, 1.165) is 24.3 Å². The lowest BCUT2D eigenvalue weighted by atomic mass is 9.97. The van der Waals surface area contributed by atoms with Crippen LogP contribution in [0.25, 0.3) is 11.1 Å². The van der Waals surface area contributed by atoms with Crippen LogP contribution in [-0.2, 0) is 6.18 Å². The van der Waals surface area contributed by atoms with E-state index in [9.17, 15) is 23.1 Å². The highest BCUT2D eigenvalue weighted by atomic mass is 19.4. The van der Waals surface area contributed by atoms with E-state index in [1.54, 1.807) is 0 Å². The molecule has 0 saturated heterocycles. The molecule has 2 rings (SSSR count). The molecule has 0 aromatic heterocycles. The lowest BCUT2D eigenvalue weighted by Crippen LogP contribution is -2.07. The van der Waals surface area contributed by atoms with Crippen molar-refractivity contribution in [3.63, 3.8) is 0 Å². The summed E-state index contributed by atoms with van der Waals surface area (Å²) >= 11 is 0. The topological polar surface area (TPSA) is 57.5 Å². The van der Waals surface area contributed by atoms with E-state index >= 15 is 0 Å². The number of benzene rings is 2. The summed E-state index contributed by atoms with van der Waals surface area (Å²) in [4.78, 5) is 10.9. The monoisotopic (exact) mass is 282 g/mol. The number of carbonyl (C=O) groups is 1. The largest absolute Gasteiger partial charge is 0.507 e. The fraction of sp³-hybridized carbons (Fsp3) is 0.0714. The summed E-state index contributed by atoms with van der Waals surface area (Å²) in [5.41, 5.74) is -1.56. The van der Waals surface area contributed by atoms with Crippen LogP contribution in [0.5, 0.6) is 5.75 Å². The first-order chi connectivity index (χ1) is 9.30. The van der Waals surface area contributed by atoms with Crippen LogP contribution in [0.15, 0.2) is 42.5 Å². The third-order valence-electron chi connectivity index (χ3n) is 2.77. The maximum absolute atomic E-state index is 12.9. The molecule has 0 heterocycles. The molecule has 3 nitrogen and oxygen atoms in total. The third-order valence-corrected chi connectivity index (χ3v) is 2.77. The highest BCUT2D eigenvalue weighted by molar-refractivity contribution is 5.90. The Hall–Kier alpha value is -2.50. The molecule has 0 bridgehead atoms. The van der Waals surface area contributed by atoms with E-state index in [0.29, 0.717) is 0 Å². The van der Waals surface area contributed by atoms with Gasteiger partial charge in [0.25, 0.3) is 0 Å². The Balaban J connectivity index is 2.69. The lowest BCUT2D eigenvalue weighted by Gasteiger charge is -2.14. The van der Waals surface area contributed by atoms with Crippen molar-refractivity contribution in [3.05, 3.63) is 53.6 Å². The van der Waals surface area contributed by atoms with E-state index in [4.69, 9.17) is 5.11 Å². The summed E-state index contributed by atoms with van der Waals surface area (Å²) in [6, 6.07) is 7.87. The fourth-order valence-electron chi connectivity index (χ4n) is 1.85. The maximum atomic E-state index is 12.9. The minimum Gasteiger partial charge on any atom is -0.507 e. The molecule has 0 fully saturated rings. The van der Waals surface area contributed by atoms with Gasteiger partial charge in [0.2, 0.25) is 0 Å². The summed E-state index contributed by atoms with van der Waals surface area (Å²) < 4.78 is 38.8. The van der Waals surface area contributed by atoms with Gasteiger partial charge in [-0.2, -0.15) is 13.2 Å². The number of carboxylic acids is 1. The molecule has 0 spiro atoms. The number of alkyl halides is 3. The van der Waals surface area contributed by atoms with Crippen molar-refractivity contribution in [3.8, 4) is 16.9 Å². The van der Waals surface area contributed by atoms with Crippen LogP contribution >= 0.6 is 0 Å². The second-order valence-electron chi connectivity index (χ2n) is 4.08. The smallest absolute Gasteiger partial charge is 0.417 e. The Morgan fingerprint density at radius 3 is 2.25 bits per heavy atom. The summed E-state index contributed by atoms with van der Waals surface area (Å²) in [5.74, 6) is -1.69. The number of rotatable bonds is 2. The molecular formula is C14H9F3O3. The fourth-order valence-corrected chi connectivity index (χ4v) is 1.85. The number of hydrogen-bond donors (Lipinski definition) is 2. The summed E-state index contributed by atoms with van der Waals surface area (Å²) in [7, 11) is 0.